The van der Waals surface area contributed by atoms with Gasteiger partial charge in [-0.05, 0) is 19.4 Å². The van der Waals surface area contributed by atoms with Crippen LogP contribution >= 0.6 is 0 Å². The van der Waals surface area contributed by atoms with E-state index in [1.54, 1.807) is 0 Å². The molecule has 0 radical (unpaired) electrons. The van der Waals surface area contributed by atoms with Crippen molar-refractivity contribution in [3.63, 3.8) is 0 Å². The quantitative estimate of drug-likeness (QED) is 0.141. The fourth-order valence-electron chi connectivity index (χ4n) is 4.19. The summed E-state index contributed by atoms with van der Waals surface area (Å²) in [4.78, 5) is 39.9. The SMILES string of the molecule is NCCC[C@H](N)CC(=O)N[C@@H]1[C@H](O)[C@@H](O)[C@@H](COC(N)=O)O[C@H]1NC1=N[C@@H]2C(=O)NC[C@@H](O)[C@H]2N1. The summed E-state index contributed by atoms with van der Waals surface area (Å²) in [5.41, 5.74) is 16.4. The number of aliphatic hydroxyl groups excluding tert-OH is 3. The first-order valence-electron chi connectivity index (χ1n) is 11.4. The number of rotatable bonds is 9. The van der Waals surface area contributed by atoms with Gasteiger partial charge < -0.3 is 63.3 Å². The molecule has 35 heavy (non-hydrogen) atoms. The van der Waals surface area contributed by atoms with Gasteiger partial charge in [-0.15, -0.1) is 0 Å². The number of carbonyl (C=O) groups is 3. The van der Waals surface area contributed by atoms with E-state index in [4.69, 9.17) is 26.7 Å². The van der Waals surface area contributed by atoms with Crippen LogP contribution in [0.2, 0.25) is 0 Å². The van der Waals surface area contributed by atoms with E-state index >= 15 is 0 Å². The molecule has 0 unspecified atom stereocenters. The number of primary amides is 1. The van der Waals surface area contributed by atoms with Gasteiger partial charge in [-0.3, -0.25) is 9.59 Å². The largest absolute Gasteiger partial charge is 0.447 e. The molecular formula is C19H34N8O8. The van der Waals surface area contributed by atoms with Gasteiger partial charge in [0.25, 0.3) is 0 Å². The third-order valence-electron chi connectivity index (χ3n) is 6.05. The van der Waals surface area contributed by atoms with Crippen LogP contribution in [0.25, 0.3) is 0 Å². The summed E-state index contributed by atoms with van der Waals surface area (Å²) >= 11 is 0. The number of hydrogen-bond donors (Lipinski definition) is 10. The zero-order chi connectivity index (χ0) is 25.7. The van der Waals surface area contributed by atoms with Crippen LogP contribution in [0.5, 0.6) is 0 Å². The molecule has 3 aliphatic heterocycles. The number of nitrogens with one attached hydrogen (secondary N) is 4. The van der Waals surface area contributed by atoms with Crippen LogP contribution in [-0.4, -0.2) is 114 Å². The van der Waals surface area contributed by atoms with Crippen molar-refractivity contribution in [2.75, 3.05) is 19.7 Å². The third kappa shape index (κ3) is 6.68. The second-order valence-electron chi connectivity index (χ2n) is 8.74. The number of aliphatic imine (C=N–C) groups is 1. The average Bonchev–Trinajstić information content (AvgIpc) is 3.24. The first kappa shape index (κ1) is 26.8. The number of ether oxygens (including phenoxy) is 2. The predicted octanol–water partition coefficient (Wildman–Crippen LogP) is -5.75. The number of fused-ring (bicyclic) bond motifs is 1. The number of aliphatic hydroxyl groups is 3. The fourth-order valence-corrected chi connectivity index (χ4v) is 4.19. The van der Waals surface area contributed by atoms with Gasteiger partial charge in [0, 0.05) is 19.0 Å². The van der Waals surface area contributed by atoms with Crippen molar-refractivity contribution in [1.82, 2.24) is 21.3 Å². The minimum Gasteiger partial charge on any atom is -0.447 e. The van der Waals surface area contributed by atoms with E-state index in [-0.39, 0.29) is 24.8 Å². The van der Waals surface area contributed by atoms with Crippen LogP contribution in [-0.2, 0) is 19.1 Å². The number of guanidine groups is 1. The Balaban J connectivity index is 1.73. The van der Waals surface area contributed by atoms with Gasteiger partial charge in [0.15, 0.2) is 18.2 Å². The molecule has 3 rings (SSSR count). The van der Waals surface area contributed by atoms with Gasteiger partial charge in [0.05, 0.1) is 12.1 Å². The maximum absolute atomic E-state index is 12.6. The monoisotopic (exact) mass is 502 g/mol. The van der Waals surface area contributed by atoms with E-state index in [2.05, 4.69) is 26.3 Å². The Morgan fingerprint density at radius 2 is 2.03 bits per heavy atom. The second kappa shape index (κ2) is 11.8. The van der Waals surface area contributed by atoms with E-state index in [1.165, 1.54) is 0 Å². The van der Waals surface area contributed by atoms with Crippen molar-refractivity contribution < 1.29 is 39.2 Å². The summed E-state index contributed by atoms with van der Waals surface area (Å²) in [5.74, 6) is -0.815. The first-order valence-corrected chi connectivity index (χ1v) is 11.4. The van der Waals surface area contributed by atoms with E-state index in [0.29, 0.717) is 19.4 Å². The molecule has 3 aliphatic rings. The molecule has 198 valence electrons. The molecule has 0 aromatic heterocycles. The molecule has 9 atom stereocenters. The Morgan fingerprint density at radius 3 is 2.69 bits per heavy atom. The molecule has 0 bridgehead atoms. The highest BCUT2D eigenvalue weighted by Gasteiger charge is 2.48. The smallest absolute Gasteiger partial charge is 0.404 e. The molecular weight excluding hydrogens is 468 g/mol. The van der Waals surface area contributed by atoms with Crippen LogP contribution in [0.3, 0.4) is 0 Å². The maximum Gasteiger partial charge on any atom is 0.404 e. The molecule has 0 spiro atoms. The topological polar surface area (TPSA) is 269 Å². The van der Waals surface area contributed by atoms with Crippen molar-refractivity contribution in [3.8, 4) is 0 Å². The molecule has 2 saturated heterocycles. The average molecular weight is 503 g/mol. The van der Waals surface area contributed by atoms with Crippen molar-refractivity contribution in [3.05, 3.63) is 0 Å². The van der Waals surface area contributed by atoms with Crippen molar-refractivity contribution in [2.45, 2.75) is 74.1 Å². The number of piperidine rings is 1. The van der Waals surface area contributed by atoms with Crippen molar-refractivity contribution in [2.24, 2.45) is 22.2 Å². The summed E-state index contributed by atoms with van der Waals surface area (Å²) in [7, 11) is 0. The highest BCUT2D eigenvalue weighted by Crippen LogP contribution is 2.22. The Morgan fingerprint density at radius 1 is 1.29 bits per heavy atom. The van der Waals surface area contributed by atoms with Crippen LogP contribution in [0.1, 0.15) is 19.3 Å². The molecule has 3 heterocycles. The lowest BCUT2D eigenvalue weighted by Crippen LogP contribution is -2.69. The third-order valence-corrected chi connectivity index (χ3v) is 6.05. The lowest BCUT2D eigenvalue weighted by molar-refractivity contribution is -0.198. The van der Waals surface area contributed by atoms with E-state index < -0.39 is 73.4 Å². The lowest BCUT2D eigenvalue weighted by atomic mass is 9.95. The van der Waals surface area contributed by atoms with E-state index in [0.717, 1.165) is 0 Å². The molecule has 16 heteroatoms. The summed E-state index contributed by atoms with van der Waals surface area (Å²) in [6.07, 6.45) is -6.38. The normalized spacial score (nSPS) is 35.1. The standard InChI is InChI=1S/C19H34N8O8/c20-3-1-2-7(21)4-10(29)24-13-15(31)14(30)9(6-34-18(22)33)35-17(13)27-19-25-11-8(28)5-23-16(32)12(11)26-19/h7-9,11-15,17,28,30-31H,1-6,20-21H2,(H2,22,33)(H,23,32)(H,24,29)(H2,25,26,27)/t7-,8+,9+,11+,12-,13+,14-,15-,17+/m0/s1. The highest BCUT2D eigenvalue weighted by molar-refractivity contribution is 5.92. The van der Waals surface area contributed by atoms with Crippen molar-refractivity contribution in [1.29, 1.82) is 0 Å². The molecule has 0 aromatic carbocycles. The van der Waals surface area contributed by atoms with Crippen LogP contribution in [0.4, 0.5) is 4.79 Å². The Bertz CT molecular complexity index is 816. The predicted molar refractivity (Wildman–Crippen MR) is 119 cm³/mol. The lowest BCUT2D eigenvalue weighted by Gasteiger charge is -2.43. The maximum atomic E-state index is 12.6. The zero-order valence-electron chi connectivity index (χ0n) is 19.0. The molecule has 3 amide bonds. The molecule has 16 nitrogen and oxygen atoms in total. The van der Waals surface area contributed by atoms with Crippen molar-refractivity contribution >= 4 is 23.9 Å². The zero-order valence-corrected chi connectivity index (χ0v) is 19.0. The van der Waals surface area contributed by atoms with E-state index in [9.17, 15) is 29.7 Å². The summed E-state index contributed by atoms with van der Waals surface area (Å²) in [6, 6.07) is -3.23. The van der Waals surface area contributed by atoms with E-state index in [1.807, 2.05) is 0 Å². The number of nitrogens with zero attached hydrogens (tertiary/aromatic N) is 1. The minimum absolute atomic E-state index is 0.0518. The second-order valence-corrected chi connectivity index (χ2v) is 8.74. The van der Waals surface area contributed by atoms with Gasteiger partial charge in [-0.25, -0.2) is 9.79 Å². The fraction of sp³-hybridized carbons (Fsp3) is 0.789. The number of hydrogen-bond acceptors (Lipinski definition) is 13. The van der Waals surface area contributed by atoms with Gasteiger partial charge in [0.1, 0.15) is 31.0 Å². The number of carbonyl (C=O) groups excluding carboxylic acids is 3. The van der Waals surface area contributed by atoms with Crippen LogP contribution < -0.4 is 38.5 Å². The van der Waals surface area contributed by atoms with Crippen LogP contribution in [0.15, 0.2) is 4.99 Å². The Labute approximate surface area is 200 Å². The van der Waals surface area contributed by atoms with Gasteiger partial charge >= 0.3 is 6.09 Å². The molecule has 0 saturated carbocycles. The van der Waals surface area contributed by atoms with Crippen LogP contribution in [0, 0.1) is 0 Å². The van der Waals surface area contributed by atoms with Gasteiger partial charge in [-0.1, -0.05) is 0 Å². The van der Waals surface area contributed by atoms with Gasteiger partial charge in [0.2, 0.25) is 11.8 Å². The summed E-state index contributed by atoms with van der Waals surface area (Å²) < 4.78 is 10.5. The van der Waals surface area contributed by atoms with Gasteiger partial charge in [-0.2, -0.15) is 0 Å². The highest BCUT2D eigenvalue weighted by atomic mass is 16.6. The Hall–Kier alpha value is -2.76. The summed E-state index contributed by atoms with van der Waals surface area (Å²) in [5, 5.41) is 42.3. The molecule has 0 aliphatic carbocycles. The Kier molecular flexibility index (Phi) is 9.03. The molecule has 13 N–H and O–H groups in total. The first-order chi connectivity index (χ1) is 16.6. The number of amides is 3. The molecule has 2 fully saturated rings. The number of nitrogens with two attached hydrogens (primary N) is 3. The summed E-state index contributed by atoms with van der Waals surface area (Å²) in [6.45, 7) is 0.0141. The minimum atomic E-state index is -1.55. The molecule has 0 aromatic rings. The number of β-amino-alcohol motifs (C(OH)–C–C–N with tert-alkyl or cyclic N) is 1.